The van der Waals surface area contributed by atoms with Crippen LogP contribution in [0.1, 0.15) is 43.0 Å². The van der Waals surface area contributed by atoms with Crippen molar-refractivity contribution in [3.63, 3.8) is 0 Å². The number of carbonyl (C=O) groups excluding carboxylic acids is 1. The van der Waals surface area contributed by atoms with E-state index in [0.29, 0.717) is 16.8 Å². The molecule has 1 aliphatic carbocycles. The van der Waals surface area contributed by atoms with Gasteiger partial charge in [0.05, 0.1) is 5.56 Å². The van der Waals surface area contributed by atoms with E-state index in [1.165, 1.54) is 19.3 Å². The van der Waals surface area contributed by atoms with Crippen molar-refractivity contribution in [2.45, 2.75) is 32.6 Å². The molecule has 2 rings (SSSR count). The summed E-state index contributed by atoms with van der Waals surface area (Å²) in [4.78, 5) is 16.5. The third-order valence-corrected chi connectivity index (χ3v) is 4.56. The summed E-state index contributed by atoms with van der Waals surface area (Å²) < 4.78 is 0.811. The molecule has 5 heteroatoms. The van der Waals surface area contributed by atoms with Crippen LogP contribution in [0.25, 0.3) is 0 Å². The zero-order valence-electron chi connectivity index (χ0n) is 11.4. The maximum Gasteiger partial charge on any atom is 0.255 e. The summed E-state index contributed by atoms with van der Waals surface area (Å²) in [5, 5.41) is 6.00. The second-order valence-corrected chi connectivity index (χ2v) is 6.11. The van der Waals surface area contributed by atoms with Gasteiger partial charge in [0.1, 0.15) is 5.82 Å². The van der Waals surface area contributed by atoms with Crippen LogP contribution in [-0.2, 0) is 0 Å². The van der Waals surface area contributed by atoms with Gasteiger partial charge in [0, 0.05) is 24.3 Å². The van der Waals surface area contributed by atoms with Gasteiger partial charge in [-0.05, 0) is 46.7 Å². The van der Waals surface area contributed by atoms with Gasteiger partial charge in [0.2, 0.25) is 0 Å². The molecule has 1 heterocycles. The smallest absolute Gasteiger partial charge is 0.255 e. The molecular formula is C14H20BrN3O. The Morgan fingerprint density at radius 3 is 2.79 bits per heavy atom. The largest absolute Gasteiger partial charge is 0.372 e. The lowest BCUT2D eigenvalue weighted by atomic mass is 9.67. The topological polar surface area (TPSA) is 54.0 Å². The lowest BCUT2D eigenvalue weighted by Crippen LogP contribution is -2.41. The summed E-state index contributed by atoms with van der Waals surface area (Å²) in [6.07, 6.45) is 6.54. The molecule has 1 saturated carbocycles. The van der Waals surface area contributed by atoms with Crippen molar-refractivity contribution in [1.29, 1.82) is 0 Å². The van der Waals surface area contributed by atoms with Crippen LogP contribution in [0.4, 0.5) is 5.82 Å². The van der Waals surface area contributed by atoms with Crippen molar-refractivity contribution in [2.24, 2.45) is 5.41 Å². The Morgan fingerprint density at radius 1 is 1.53 bits per heavy atom. The Labute approximate surface area is 122 Å². The first-order chi connectivity index (χ1) is 9.10. The number of nitrogens with zero attached hydrogens (tertiary/aromatic N) is 1. The summed E-state index contributed by atoms with van der Waals surface area (Å²) in [5.41, 5.74) is 0.914. The molecule has 0 spiro atoms. The lowest BCUT2D eigenvalue weighted by Gasteiger charge is -2.41. The second kappa shape index (κ2) is 5.90. The number of nitrogens with one attached hydrogen (secondary N) is 2. The number of anilines is 1. The lowest BCUT2D eigenvalue weighted by molar-refractivity contribution is 0.0850. The summed E-state index contributed by atoms with van der Waals surface area (Å²) >= 11 is 3.35. The van der Waals surface area contributed by atoms with Gasteiger partial charge in [-0.2, -0.15) is 0 Å². The molecule has 0 unspecified atom stereocenters. The fraction of sp³-hybridized carbons (Fsp3) is 0.571. The number of rotatable bonds is 5. The van der Waals surface area contributed by atoms with Crippen molar-refractivity contribution in [1.82, 2.24) is 10.3 Å². The van der Waals surface area contributed by atoms with Gasteiger partial charge in [0.25, 0.3) is 5.91 Å². The Hall–Kier alpha value is -1.10. The van der Waals surface area contributed by atoms with Crippen molar-refractivity contribution in [2.75, 3.05) is 18.9 Å². The molecule has 1 aromatic rings. The van der Waals surface area contributed by atoms with E-state index in [4.69, 9.17) is 0 Å². The number of pyridine rings is 1. The minimum Gasteiger partial charge on any atom is -0.372 e. The van der Waals surface area contributed by atoms with Crippen LogP contribution < -0.4 is 10.6 Å². The molecule has 104 valence electrons. The van der Waals surface area contributed by atoms with E-state index in [2.05, 4.69) is 38.5 Å². The Kier molecular flexibility index (Phi) is 4.45. The molecule has 0 radical (unpaired) electrons. The Bertz CT molecular complexity index is 466. The summed E-state index contributed by atoms with van der Waals surface area (Å²) in [7, 11) is 1.77. The van der Waals surface area contributed by atoms with Crippen molar-refractivity contribution < 1.29 is 4.79 Å². The predicted molar refractivity (Wildman–Crippen MR) is 80.4 cm³/mol. The van der Waals surface area contributed by atoms with Gasteiger partial charge in [-0.15, -0.1) is 0 Å². The van der Waals surface area contributed by atoms with Gasteiger partial charge in [-0.3, -0.25) is 4.79 Å². The fourth-order valence-electron chi connectivity index (χ4n) is 2.51. The van der Waals surface area contributed by atoms with Crippen LogP contribution in [0.3, 0.4) is 0 Å². The highest BCUT2D eigenvalue weighted by Gasteiger charge is 2.35. The number of amides is 1. The highest BCUT2D eigenvalue weighted by Crippen LogP contribution is 2.43. The highest BCUT2D eigenvalue weighted by atomic mass is 79.9. The van der Waals surface area contributed by atoms with E-state index in [9.17, 15) is 4.79 Å². The van der Waals surface area contributed by atoms with Crippen LogP contribution in [0.15, 0.2) is 16.7 Å². The van der Waals surface area contributed by atoms with Crippen LogP contribution in [0.2, 0.25) is 0 Å². The molecule has 2 N–H and O–H groups in total. The number of hydrogen-bond acceptors (Lipinski definition) is 3. The first kappa shape index (κ1) is 14.3. The monoisotopic (exact) mass is 325 g/mol. The van der Waals surface area contributed by atoms with Crippen LogP contribution in [0.5, 0.6) is 0 Å². The zero-order chi connectivity index (χ0) is 13.9. The van der Waals surface area contributed by atoms with Crippen LogP contribution in [-0.4, -0.2) is 24.5 Å². The summed E-state index contributed by atoms with van der Waals surface area (Å²) in [6.45, 7) is 2.96. The first-order valence-corrected chi connectivity index (χ1v) is 7.51. The molecule has 1 aliphatic rings. The first-order valence-electron chi connectivity index (χ1n) is 6.72. The number of carbonyl (C=O) groups is 1. The molecule has 1 fully saturated rings. The molecule has 1 amide bonds. The van der Waals surface area contributed by atoms with E-state index in [1.807, 2.05) is 0 Å². The van der Waals surface area contributed by atoms with Crippen molar-refractivity contribution in [3.05, 3.63) is 22.3 Å². The average molecular weight is 326 g/mol. The highest BCUT2D eigenvalue weighted by molar-refractivity contribution is 9.10. The molecule has 0 aliphatic heterocycles. The second-order valence-electron chi connectivity index (χ2n) is 5.19. The van der Waals surface area contributed by atoms with E-state index < -0.39 is 0 Å². The SMILES string of the molecule is CCC1(CNC(=O)c2cc(Br)cnc2NC)CCC1. The van der Waals surface area contributed by atoms with Crippen molar-refractivity contribution >= 4 is 27.7 Å². The van der Waals surface area contributed by atoms with E-state index in [-0.39, 0.29) is 5.91 Å². The molecule has 0 bridgehead atoms. The number of halogens is 1. The van der Waals surface area contributed by atoms with E-state index in [0.717, 1.165) is 17.4 Å². The maximum absolute atomic E-state index is 12.3. The minimum absolute atomic E-state index is 0.0575. The number of aromatic nitrogens is 1. The average Bonchev–Trinajstić information content (AvgIpc) is 2.37. The normalized spacial score (nSPS) is 16.6. The van der Waals surface area contributed by atoms with Gasteiger partial charge in [0.15, 0.2) is 0 Å². The molecular weight excluding hydrogens is 306 g/mol. The molecule has 0 atom stereocenters. The Morgan fingerprint density at radius 2 is 2.26 bits per heavy atom. The summed E-state index contributed by atoms with van der Waals surface area (Å²) in [6, 6.07) is 1.80. The Balaban J connectivity index is 2.05. The number of hydrogen-bond donors (Lipinski definition) is 2. The zero-order valence-corrected chi connectivity index (χ0v) is 13.0. The molecule has 19 heavy (non-hydrogen) atoms. The van der Waals surface area contributed by atoms with E-state index in [1.54, 1.807) is 19.3 Å². The van der Waals surface area contributed by atoms with E-state index >= 15 is 0 Å². The van der Waals surface area contributed by atoms with Crippen LogP contribution in [0, 0.1) is 5.41 Å². The predicted octanol–water partition coefficient (Wildman–Crippen LogP) is 3.20. The molecule has 0 aromatic carbocycles. The molecule has 4 nitrogen and oxygen atoms in total. The van der Waals surface area contributed by atoms with Gasteiger partial charge < -0.3 is 10.6 Å². The van der Waals surface area contributed by atoms with Gasteiger partial charge in [-0.1, -0.05) is 13.3 Å². The van der Waals surface area contributed by atoms with Gasteiger partial charge >= 0.3 is 0 Å². The van der Waals surface area contributed by atoms with Crippen molar-refractivity contribution in [3.8, 4) is 0 Å². The third-order valence-electron chi connectivity index (χ3n) is 4.12. The molecule has 0 saturated heterocycles. The quantitative estimate of drug-likeness (QED) is 0.874. The summed E-state index contributed by atoms with van der Waals surface area (Å²) in [5.74, 6) is 0.553. The standard InChI is InChI=1S/C14H20BrN3O/c1-3-14(5-4-6-14)9-18-13(19)11-7-10(15)8-17-12(11)16-2/h7-8H,3-6,9H2,1-2H3,(H,16,17)(H,18,19). The minimum atomic E-state index is -0.0575. The molecule has 1 aromatic heterocycles. The third kappa shape index (κ3) is 3.08. The van der Waals surface area contributed by atoms with Gasteiger partial charge in [-0.25, -0.2) is 4.98 Å². The maximum atomic E-state index is 12.3. The van der Waals surface area contributed by atoms with Crippen LogP contribution >= 0.6 is 15.9 Å². The fourth-order valence-corrected chi connectivity index (χ4v) is 2.84.